The molecule has 0 aliphatic carbocycles. The van der Waals surface area contributed by atoms with E-state index < -0.39 is 16.0 Å². The molecule has 0 radical (unpaired) electrons. The van der Waals surface area contributed by atoms with Crippen molar-refractivity contribution in [1.82, 2.24) is 9.21 Å². The number of hydrogen-bond donors (Lipinski definition) is 1. The molecule has 1 atom stereocenters. The van der Waals surface area contributed by atoms with Crippen LogP contribution >= 0.6 is 0 Å². The third-order valence-electron chi connectivity index (χ3n) is 3.68. The van der Waals surface area contributed by atoms with E-state index in [0.717, 1.165) is 11.8 Å². The van der Waals surface area contributed by atoms with Gasteiger partial charge >= 0.3 is 5.97 Å². The first-order valence-electron chi connectivity index (χ1n) is 6.81. The van der Waals surface area contributed by atoms with Crippen LogP contribution in [0.4, 0.5) is 0 Å². The van der Waals surface area contributed by atoms with Crippen LogP contribution in [0.3, 0.4) is 0 Å². The van der Waals surface area contributed by atoms with Crippen molar-refractivity contribution in [2.45, 2.75) is 19.0 Å². The van der Waals surface area contributed by atoms with Gasteiger partial charge in [0.05, 0.1) is 12.7 Å². The Morgan fingerprint density at radius 1 is 1.29 bits per heavy atom. The van der Waals surface area contributed by atoms with Crippen LogP contribution in [0.2, 0.25) is 0 Å². The first-order valence-corrected chi connectivity index (χ1v) is 8.66. The lowest BCUT2D eigenvalue weighted by molar-refractivity contribution is -0.139. The number of piperazine rings is 1. The number of nitrogens with zero attached hydrogens (tertiary/aromatic N) is 2. The summed E-state index contributed by atoms with van der Waals surface area (Å²) < 4.78 is 24.6. The maximum Gasteiger partial charge on any atom is 0.304 e. The van der Waals surface area contributed by atoms with Crippen LogP contribution in [-0.2, 0) is 21.4 Å². The van der Waals surface area contributed by atoms with E-state index in [4.69, 9.17) is 5.11 Å². The van der Waals surface area contributed by atoms with Crippen molar-refractivity contribution in [2.24, 2.45) is 0 Å². The topological polar surface area (TPSA) is 77.9 Å². The zero-order valence-electron chi connectivity index (χ0n) is 12.0. The Hall–Kier alpha value is -1.44. The highest BCUT2D eigenvalue weighted by molar-refractivity contribution is 7.88. The first kappa shape index (κ1) is 15.9. The molecule has 2 rings (SSSR count). The van der Waals surface area contributed by atoms with E-state index in [1.807, 2.05) is 35.2 Å². The number of carbonyl (C=O) groups is 1. The molecule has 0 unspecified atom stereocenters. The van der Waals surface area contributed by atoms with Crippen LogP contribution in [0.1, 0.15) is 12.0 Å². The minimum Gasteiger partial charge on any atom is -0.481 e. The van der Waals surface area contributed by atoms with E-state index >= 15 is 0 Å². The third kappa shape index (κ3) is 4.52. The molecule has 1 fully saturated rings. The summed E-state index contributed by atoms with van der Waals surface area (Å²) in [4.78, 5) is 13.1. The highest BCUT2D eigenvalue weighted by atomic mass is 32.2. The normalized spacial score (nSPS) is 21.3. The van der Waals surface area contributed by atoms with Gasteiger partial charge in [-0.25, -0.2) is 8.42 Å². The number of carboxylic acids is 1. The minimum absolute atomic E-state index is 0.0567. The van der Waals surface area contributed by atoms with Crippen LogP contribution in [-0.4, -0.2) is 60.6 Å². The molecule has 1 saturated heterocycles. The van der Waals surface area contributed by atoms with Crippen molar-refractivity contribution in [3.63, 3.8) is 0 Å². The maximum absolute atomic E-state index is 11.6. The van der Waals surface area contributed by atoms with Gasteiger partial charge in [0.25, 0.3) is 0 Å². The molecular formula is C14H20N2O4S. The smallest absolute Gasteiger partial charge is 0.304 e. The monoisotopic (exact) mass is 312 g/mol. The average molecular weight is 312 g/mol. The van der Waals surface area contributed by atoms with E-state index in [1.165, 1.54) is 4.31 Å². The molecule has 7 heteroatoms. The van der Waals surface area contributed by atoms with Gasteiger partial charge in [-0.3, -0.25) is 9.69 Å². The van der Waals surface area contributed by atoms with Gasteiger partial charge in [0.15, 0.2) is 0 Å². The van der Waals surface area contributed by atoms with Crippen LogP contribution in [0, 0.1) is 0 Å². The van der Waals surface area contributed by atoms with Crippen LogP contribution < -0.4 is 0 Å². The fraction of sp³-hybridized carbons (Fsp3) is 0.500. The van der Waals surface area contributed by atoms with Crippen molar-refractivity contribution >= 4 is 16.0 Å². The lowest BCUT2D eigenvalue weighted by Crippen LogP contribution is -2.54. The number of rotatable bonds is 5. The molecule has 1 aromatic carbocycles. The largest absolute Gasteiger partial charge is 0.481 e. The number of benzene rings is 1. The first-order chi connectivity index (χ1) is 9.86. The van der Waals surface area contributed by atoms with E-state index in [-0.39, 0.29) is 19.0 Å². The molecule has 1 aliphatic rings. The molecule has 0 amide bonds. The van der Waals surface area contributed by atoms with Gasteiger partial charge < -0.3 is 5.11 Å². The Balaban J connectivity index is 2.11. The summed E-state index contributed by atoms with van der Waals surface area (Å²) in [7, 11) is -3.28. The fourth-order valence-electron chi connectivity index (χ4n) is 2.59. The highest BCUT2D eigenvalue weighted by Crippen LogP contribution is 2.18. The number of carboxylic acid groups (broad SMARTS) is 1. The molecule has 1 heterocycles. The van der Waals surface area contributed by atoms with E-state index in [1.54, 1.807) is 0 Å². The number of hydrogen-bond acceptors (Lipinski definition) is 4. The van der Waals surface area contributed by atoms with Crippen molar-refractivity contribution in [3.05, 3.63) is 35.9 Å². The van der Waals surface area contributed by atoms with Crippen LogP contribution in [0.5, 0.6) is 0 Å². The predicted octanol–water partition coefficient (Wildman–Crippen LogP) is 0.607. The van der Waals surface area contributed by atoms with E-state index in [9.17, 15) is 13.2 Å². The van der Waals surface area contributed by atoms with Gasteiger partial charge in [-0.2, -0.15) is 4.31 Å². The highest BCUT2D eigenvalue weighted by Gasteiger charge is 2.32. The molecule has 21 heavy (non-hydrogen) atoms. The van der Waals surface area contributed by atoms with E-state index in [2.05, 4.69) is 0 Å². The van der Waals surface area contributed by atoms with Gasteiger partial charge in [0, 0.05) is 32.2 Å². The number of aliphatic carboxylic acids is 1. The van der Waals surface area contributed by atoms with Crippen molar-refractivity contribution in [3.8, 4) is 0 Å². The maximum atomic E-state index is 11.6. The van der Waals surface area contributed by atoms with Gasteiger partial charge in [0.1, 0.15) is 0 Å². The predicted molar refractivity (Wildman–Crippen MR) is 79.3 cm³/mol. The summed E-state index contributed by atoms with van der Waals surface area (Å²) >= 11 is 0. The molecule has 0 spiro atoms. The van der Waals surface area contributed by atoms with Gasteiger partial charge in [-0.05, 0) is 5.56 Å². The summed E-state index contributed by atoms with van der Waals surface area (Å²) in [6, 6.07) is 9.48. The van der Waals surface area contributed by atoms with Crippen LogP contribution in [0.15, 0.2) is 30.3 Å². The Kier molecular flexibility index (Phi) is 4.97. The molecule has 1 N–H and O–H groups in total. The van der Waals surface area contributed by atoms with E-state index in [0.29, 0.717) is 19.6 Å². The molecular weight excluding hydrogens is 292 g/mol. The lowest BCUT2D eigenvalue weighted by atomic mass is 10.1. The summed E-state index contributed by atoms with van der Waals surface area (Å²) in [6.45, 7) is 1.82. The third-order valence-corrected chi connectivity index (χ3v) is 4.94. The Morgan fingerprint density at radius 3 is 2.52 bits per heavy atom. The number of sulfonamides is 1. The van der Waals surface area contributed by atoms with Crippen LogP contribution in [0.25, 0.3) is 0 Å². The van der Waals surface area contributed by atoms with Crippen molar-refractivity contribution in [2.75, 3.05) is 25.9 Å². The van der Waals surface area contributed by atoms with Crippen molar-refractivity contribution < 1.29 is 18.3 Å². The Labute approximate surface area is 125 Å². The Bertz CT molecular complexity index is 588. The van der Waals surface area contributed by atoms with Crippen molar-refractivity contribution in [1.29, 1.82) is 0 Å². The van der Waals surface area contributed by atoms with Gasteiger partial charge in [-0.15, -0.1) is 0 Å². The summed E-state index contributed by atoms with van der Waals surface area (Å²) in [5.74, 6) is -0.909. The SMILES string of the molecule is CS(=O)(=O)N1CCN(Cc2ccccc2)[C@H](CC(=O)O)C1. The average Bonchev–Trinajstić information content (AvgIpc) is 2.40. The summed E-state index contributed by atoms with van der Waals surface area (Å²) in [6.07, 6.45) is 1.11. The quantitative estimate of drug-likeness (QED) is 0.862. The zero-order chi connectivity index (χ0) is 15.5. The molecule has 0 bridgehead atoms. The molecule has 1 aromatic rings. The molecule has 0 aromatic heterocycles. The Morgan fingerprint density at radius 2 is 1.95 bits per heavy atom. The fourth-order valence-corrected chi connectivity index (χ4v) is 3.44. The van der Waals surface area contributed by atoms with Gasteiger partial charge in [0.2, 0.25) is 10.0 Å². The second-order valence-corrected chi connectivity index (χ2v) is 7.31. The second-order valence-electron chi connectivity index (χ2n) is 5.33. The standard InChI is InChI=1S/C14H20N2O4S/c1-21(19,20)16-8-7-15(13(11-16)9-14(17)18)10-12-5-3-2-4-6-12/h2-6,13H,7-11H2,1H3,(H,17,18)/t13-/m1/s1. The second kappa shape index (κ2) is 6.55. The summed E-state index contributed by atoms with van der Waals surface area (Å²) in [5, 5.41) is 9.04. The molecule has 0 saturated carbocycles. The molecule has 116 valence electrons. The van der Waals surface area contributed by atoms with Gasteiger partial charge in [-0.1, -0.05) is 30.3 Å². The molecule has 6 nitrogen and oxygen atoms in total. The summed E-state index contributed by atoms with van der Waals surface area (Å²) in [5.41, 5.74) is 1.10. The minimum atomic E-state index is -3.28. The molecule has 1 aliphatic heterocycles. The zero-order valence-corrected chi connectivity index (χ0v) is 12.8. The lowest BCUT2D eigenvalue weighted by Gasteiger charge is -2.39.